The number of ether oxygens (including phenoxy) is 1. The molecule has 4 aliphatic carbocycles. The van der Waals surface area contributed by atoms with Crippen LogP contribution in [0.2, 0.25) is 0 Å². The molecular weight excluding hydrogens is 466 g/mol. The molecule has 6 rings (SSSR count). The lowest BCUT2D eigenvalue weighted by Gasteiger charge is -2.56. The van der Waals surface area contributed by atoms with E-state index in [9.17, 15) is 14.7 Å². The van der Waals surface area contributed by atoms with E-state index >= 15 is 0 Å². The van der Waals surface area contributed by atoms with E-state index < -0.39 is 5.60 Å². The smallest absolute Gasteiger partial charge is 0.350 e. The van der Waals surface area contributed by atoms with Crippen LogP contribution >= 0.6 is 0 Å². The lowest BCUT2D eigenvalue weighted by atomic mass is 9.49. The number of methoxy groups -OCH3 is 1. The molecule has 0 amide bonds. The molecule has 1 N–H and O–H groups in total. The molecule has 7 nitrogen and oxygen atoms in total. The maximum atomic E-state index is 13.7. The molecule has 4 fully saturated rings. The second-order valence-electron chi connectivity index (χ2n) is 13.0. The quantitative estimate of drug-likeness (QED) is 0.638. The van der Waals surface area contributed by atoms with E-state index in [-0.39, 0.29) is 29.4 Å². The number of ketones is 1. The Labute approximate surface area is 219 Å². The number of carbonyl (C=O) groups is 1. The number of aromatic nitrogens is 3. The average Bonchev–Trinajstić information content (AvgIpc) is 3.42. The Kier molecular flexibility index (Phi) is 6.13. The molecule has 7 heteroatoms. The Bertz CT molecular complexity index is 1230. The van der Waals surface area contributed by atoms with Crippen LogP contribution in [0.15, 0.2) is 35.4 Å². The molecule has 37 heavy (non-hydrogen) atoms. The summed E-state index contributed by atoms with van der Waals surface area (Å²) in [5, 5.41) is 14.9. The summed E-state index contributed by atoms with van der Waals surface area (Å²) >= 11 is 0. The van der Waals surface area contributed by atoms with E-state index in [1.54, 1.807) is 13.2 Å². The minimum atomic E-state index is -0.486. The summed E-state index contributed by atoms with van der Waals surface area (Å²) in [6.45, 7) is 4.47. The molecule has 2 aromatic rings. The Balaban J connectivity index is 1.17. The van der Waals surface area contributed by atoms with E-state index in [0.29, 0.717) is 29.2 Å². The summed E-state index contributed by atoms with van der Waals surface area (Å²) in [4.78, 5) is 26.8. The number of rotatable bonds is 5. The monoisotopic (exact) mass is 507 g/mol. The standard InChI is InChI=1S/C30H41N3O4/c1-29(36)13-11-22-19(16-29)7-8-24-23(22)12-14-30(2)25(24)9-10-26(30)27(34)17-32-18-31-33(28(32)35)20-5-4-6-21(15-20)37-3/h4-6,15,18-19,22-26,36H,7-14,16-17H2,1-3H3/t19-,22+,23-,24-,25+,26-,29-,30+/m1/s1. The molecule has 0 aliphatic heterocycles. The summed E-state index contributed by atoms with van der Waals surface area (Å²) in [7, 11) is 1.59. The van der Waals surface area contributed by atoms with Crippen molar-refractivity contribution in [1.29, 1.82) is 0 Å². The molecule has 1 aromatic heterocycles. The van der Waals surface area contributed by atoms with Crippen molar-refractivity contribution in [3.8, 4) is 11.4 Å². The maximum absolute atomic E-state index is 13.7. The second-order valence-corrected chi connectivity index (χ2v) is 13.0. The number of hydrogen-bond donors (Lipinski definition) is 1. The normalized spacial score (nSPS) is 38.9. The zero-order chi connectivity index (χ0) is 25.9. The van der Waals surface area contributed by atoms with Crippen LogP contribution in [0.1, 0.15) is 71.6 Å². The number of benzene rings is 1. The van der Waals surface area contributed by atoms with E-state index in [2.05, 4.69) is 12.0 Å². The Morgan fingerprint density at radius 2 is 1.89 bits per heavy atom. The zero-order valence-corrected chi connectivity index (χ0v) is 22.4. The third-order valence-electron chi connectivity index (χ3n) is 11.0. The predicted octanol–water partition coefficient (Wildman–Crippen LogP) is 4.63. The molecular formula is C30H41N3O4. The van der Waals surface area contributed by atoms with Crippen LogP contribution in [0.25, 0.3) is 5.69 Å². The van der Waals surface area contributed by atoms with Gasteiger partial charge in [-0.15, -0.1) is 0 Å². The lowest BCUT2D eigenvalue weighted by Crippen LogP contribution is -2.51. The minimum Gasteiger partial charge on any atom is -0.497 e. The molecule has 0 unspecified atom stereocenters. The predicted molar refractivity (Wildman–Crippen MR) is 141 cm³/mol. The first-order chi connectivity index (χ1) is 17.7. The van der Waals surface area contributed by atoms with Crippen molar-refractivity contribution in [3.63, 3.8) is 0 Å². The van der Waals surface area contributed by atoms with Gasteiger partial charge in [0.25, 0.3) is 0 Å². The molecule has 1 aromatic carbocycles. The van der Waals surface area contributed by atoms with Crippen LogP contribution in [0.3, 0.4) is 0 Å². The highest BCUT2D eigenvalue weighted by atomic mass is 16.5. The molecule has 0 spiro atoms. The number of fused-ring (bicyclic) bond motifs is 5. The van der Waals surface area contributed by atoms with Crippen LogP contribution in [-0.4, -0.2) is 37.9 Å². The molecule has 0 radical (unpaired) electrons. The zero-order valence-electron chi connectivity index (χ0n) is 22.4. The van der Waals surface area contributed by atoms with Crippen LogP contribution in [0.4, 0.5) is 0 Å². The molecule has 4 saturated carbocycles. The van der Waals surface area contributed by atoms with E-state index in [1.807, 2.05) is 25.1 Å². The number of hydrogen-bond acceptors (Lipinski definition) is 5. The number of Topliss-reactive ketones (excluding diaryl/α,β-unsaturated/α-hetero) is 1. The third-order valence-corrected chi connectivity index (χ3v) is 11.0. The fourth-order valence-corrected chi connectivity index (χ4v) is 9.25. The molecule has 0 bridgehead atoms. The minimum absolute atomic E-state index is 0.00957. The maximum Gasteiger partial charge on any atom is 0.350 e. The summed E-state index contributed by atoms with van der Waals surface area (Å²) in [5.41, 5.74) is -0.129. The van der Waals surface area contributed by atoms with Crippen LogP contribution in [0.5, 0.6) is 5.75 Å². The van der Waals surface area contributed by atoms with Gasteiger partial charge in [0.05, 0.1) is 24.9 Å². The van der Waals surface area contributed by atoms with Gasteiger partial charge in [0.2, 0.25) is 0 Å². The van der Waals surface area contributed by atoms with Crippen LogP contribution < -0.4 is 10.4 Å². The summed E-state index contributed by atoms with van der Waals surface area (Å²) in [6.07, 6.45) is 11.4. The fourth-order valence-electron chi connectivity index (χ4n) is 9.25. The second kappa shape index (κ2) is 9.11. The molecule has 1 heterocycles. The molecule has 4 aliphatic rings. The van der Waals surface area contributed by atoms with Crippen molar-refractivity contribution in [2.75, 3.05) is 7.11 Å². The van der Waals surface area contributed by atoms with Gasteiger partial charge in [0, 0.05) is 12.0 Å². The van der Waals surface area contributed by atoms with Gasteiger partial charge >= 0.3 is 5.69 Å². The first-order valence-electron chi connectivity index (χ1n) is 14.2. The topological polar surface area (TPSA) is 86.3 Å². The first kappa shape index (κ1) is 24.9. The Hall–Kier alpha value is -2.41. The SMILES string of the molecule is COc1cccc(-n2ncn(CC(=O)[C@H]3CC[C@H]4[C@@H]5CC[C@@H]6C[C@](C)(O)CC[C@@H]6[C@H]5CC[C@]34C)c2=O)c1. The largest absolute Gasteiger partial charge is 0.497 e. The van der Waals surface area contributed by atoms with Crippen molar-refractivity contribution in [2.24, 2.45) is 40.9 Å². The van der Waals surface area contributed by atoms with Crippen molar-refractivity contribution in [3.05, 3.63) is 41.1 Å². The van der Waals surface area contributed by atoms with Crippen LogP contribution in [-0.2, 0) is 11.3 Å². The van der Waals surface area contributed by atoms with Crippen molar-refractivity contribution < 1.29 is 14.6 Å². The average molecular weight is 508 g/mol. The lowest BCUT2D eigenvalue weighted by molar-refractivity contribution is -0.133. The van der Waals surface area contributed by atoms with Gasteiger partial charge < -0.3 is 9.84 Å². The van der Waals surface area contributed by atoms with E-state index in [1.165, 1.54) is 34.8 Å². The highest BCUT2D eigenvalue weighted by molar-refractivity contribution is 5.82. The highest BCUT2D eigenvalue weighted by Crippen LogP contribution is 2.64. The summed E-state index contributed by atoms with van der Waals surface area (Å²) in [5.74, 6) is 4.32. The van der Waals surface area contributed by atoms with Gasteiger partial charge in [-0.2, -0.15) is 9.78 Å². The molecule has 200 valence electrons. The van der Waals surface area contributed by atoms with Crippen molar-refractivity contribution in [1.82, 2.24) is 14.3 Å². The van der Waals surface area contributed by atoms with E-state index in [0.717, 1.165) is 50.4 Å². The van der Waals surface area contributed by atoms with Crippen molar-refractivity contribution >= 4 is 5.78 Å². The summed E-state index contributed by atoms with van der Waals surface area (Å²) in [6, 6.07) is 7.23. The van der Waals surface area contributed by atoms with Crippen molar-refractivity contribution in [2.45, 2.75) is 83.8 Å². The van der Waals surface area contributed by atoms with Gasteiger partial charge in [-0.3, -0.25) is 9.36 Å². The van der Waals surface area contributed by atoms with Gasteiger partial charge in [0.15, 0.2) is 5.78 Å². The third kappa shape index (κ3) is 4.18. The fraction of sp³-hybridized carbons (Fsp3) is 0.700. The first-order valence-corrected chi connectivity index (χ1v) is 14.2. The summed E-state index contributed by atoms with van der Waals surface area (Å²) < 4.78 is 8.07. The Morgan fingerprint density at radius 1 is 1.08 bits per heavy atom. The highest BCUT2D eigenvalue weighted by Gasteiger charge is 2.58. The van der Waals surface area contributed by atoms with Gasteiger partial charge in [0.1, 0.15) is 12.1 Å². The van der Waals surface area contributed by atoms with Gasteiger partial charge in [-0.25, -0.2) is 4.79 Å². The number of nitrogens with zero attached hydrogens (tertiary/aromatic N) is 3. The number of aliphatic hydroxyl groups is 1. The van der Waals surface area contributed by atoms with Gasteiger partial charge in [-0.05, 0) is 112 Å². The van der Waals surface area contributed by atoms with E-state index in [4.69, 9.17) is 4.74 Å². The van der Waals surface area contributed by atoms with Crippen LogP contribution in [0, 0.1) is 40.9 Å². The number of carbonyl (C=O) groups excluding carboxylic acids is 1. The molecule has 8 atom stereocenters. The Morgan fingerprint density at radius 3 is 2.70 bits per heavy atom. The van der Waals surface area contributed by atoms with Gasteiger partial charge in [-0.1, -0.05) is 13.0 Å². The molecule has 0 saturated heterocycles.